The summed E-state index contributed by atoms with van der Waals surface area (Å²) in [5.74, 6) is -1.65. The molecule has 0 bridgehead atoms. The quantitative estimate of drug-likeness (QED) is 0.887. The van der Waals surface area contributed by atoms with E-state index in [9.17, 15) is 14.7 Å². The predicted molar refractivity (Wildman–Crippen MR) is 77.4 cm³/mol. The summed E-state index contributed by atoms with van der Waals surface area (Å²) < 4.78 is 0. The maximum absolute atomic E-state index is 12.4. The highest BCUT2D eigenvalue weighted by Gasteiger charge is 2.42. The molecule has 1 aliphatic carbocycles. The van der Waals surface area contributed by atoms with E-state index < -0.39 is 17.8 Å². The van der Waals surface area contributed by atoms with Crippen LogP contribution in [0.3, 0.4) is 0 Å². The molecule has 4 heteroatoms. The minimum atomic E-state index is -0.856. The summed E-state index contributed by atoms with van der Waals surface area (Å²) in [5.41, 5.74) is 1.75. The molecule has 1 aliphatic rings. The second kappa shape index (κ2) is 6.07. The van der Waals surface area contributed by atoms with Crippen LogP contribution in [0.5, 0.6) is 0 Å². The average molecular weight is 275 g/mol. The zero-order valence-electron chi connectivity index (χ0n) is 11.9. The SMILES string of the molecule is CCC1CC(C(=O)O)C(C(=O)Nc2ccccc2C)C1. The van der Waals surface area contributed by atoms with Crippen LogP contribution < -0.4 is 5.32 Å². The van der Waals surface area contributed by atoms with Crippen LogP contribution >= 0.6 is 0 Å². The van der Waals surface area contributed by atoms with Gasteiger partial charge in [0.25, 0.3) is 0 Å². The van der Waals surface area contributed by atoms with Gasteiger partial charge in [-0.15, -0.1) is 0 Å². The minimum Gasteiger partial charge on any atom is -0.481 e. The maximum atomic E-state index is 12.4. The summed E-state index contributed by atoms with van der Waals surface area (Å²) in [6.07, 6.45) is 2.21. The van der Waals surface area contributed by atoms with Gasteiger partial charge in [0.1, 0.15) is 0 Å². The van der Waals surface area contributed by atoms with Crippen molar-refractivity contribution in [2.24, 2.45) is 17.8 Å². The molecule has 108 valence electrons. The average Bonchev–Trinajstić information content (AvgIpc) is 2.86. The maximum Gasteiger partial charge on any atom is 0.307 e. The first-order valence-corrected chi connectivity index (χ1v) is 7.12. The summed E-state index contributed by atoms with van der Waals surface area (Å²) in [5, 5.41) is 12.2. The van der Waals surface area contributed by atoms with E-state index in [1.165, 1.54) is 0 Å². The molecule has 1 amide bonds. The molecule has 3 atom stereocenters. The first kappa shape index (κ1) is 14.6. The highest BCUT2D eigenvalue weighted by atomic mass is 16.4. The van der Waals surface area contributed by atoms with Crippen molar-refractivity contribution in [3.63, 3.8) is 0 Å². The fourth-order valence-corrected chi connectivity index (χ4v) is 2.98. The molecule has 20 heavy (non-hydrogen) atoms. The third-order valence-corrected chi connectivity index (χ3v) is 4.29. The van der Waals surface area contributed by atoms with Crippen molar-refractivity contribution in [1.82, 2.24) is 0 Å². The normalized spacial score (nSPS) is 25.4. The van der Waals surface area contributed by atoms with Crippen molar-refractivity contribution in [3.05, 3.63) is 29.8 Å². The third kappa shape index (κ3) is 3.00. The first-order valence-electron chi connectivity index (χ1n) is 7.12. The Kier molecular flexibility index (Phi) is 4.42. The molecule has 0 aromatic heterocycles. The summed E-state index contributed by atoms with van der Waals surface area (Å²) in [6, 6.07) is 7.54. The van der Waals surface area contributed by atoms with Crippen LogP contribution in [0, 0.1) is 24.7 Å². The Balaban J connectivity index is 2.11. The molecule has 1 saturated carbocycles. The monoisotopic (exact) mass is 275 g/mol. The number of carbonyl (C=O) groups excluding carboxylic acids is 1. The van der Waals surface area contributed by atoms with E-state index in [4.69, 9.17) is 0 Å². The molecule has 0 heterocycles. The first-order chi connectivity index (χ1) is 9.52. The number of hydrogen-bond acceptors (Lipinski definition) is 2. The Hall–Kier alpha value is -1.84. The Labute approximate surface area is 119 Å². The number of aliphatic carboxylic acids is 1. The van der Waals surface area contributed by atoms with Gasteiger partial charge in [-0.1, -0.05) is 31.5 Å². The lowest BCUT2D eigenvalue weighted by molar-refractivity contribution is -0.145. The van der Waals surface area contributed by atoms with Crippen LogP contribution in [0.25, 0.3) is 0 Å². The smallest absolute Gasteiger partial charge is 0.307 e. The standard InChI is InChI=1S/C16H21NO3/c1-3-11-8-12(13(9-11)16(19)20)15(18)17-14-7-5-4-6-10(14)2/h4-7,11-13H,3,8-9H2,1-2H3,(H,17,18)(H,19,20). The number of nitrogens with one attached hydrogen (secondary N) is 1. The van der Waals surface area contributed by atoms with Gasteiger partial charge in [0.2, 0.25) is 5.91 Å². The van der Waals surface area contributed by atoms with Crippen LogP contribution in [0.15, 0.2) is 24.3 Å². The third-order valence-electron chi connectivity index (χ3n) is 4.29. The fourth-order valence-electron chi connectivity index (χ4n) is 2.98. The fraction of sp³-hybridized carbons (Fsp3) is 0.500. The zero-order valence-corrected chi connectivity index (χ0v) is 11.9. The summed E-state index contributed by atoms with van der Waals surface area (Å²) in [6.45, 7) is 3.97. The summed E-state index contributed by atoms with van der Waals surface area (Å²) in [4.78, 5) is 23.7. The number of rotatable bonds is 4. The number of amides is 1. The Bertz CT molecular complexity index is 512. The number of hydrogen-bond donors (Lipinski definition) is 2. The molecule has 0 saturated heterocycles. The second-order valence-electron chi connectivity index (χ2n) is 5.60. The molecule has 0 spiro atoms. The Morgan fingerprint density at radius 2 is 1.90 bits per heavy atom. The largest absolute Gasteiger partial charge is 0.481 e. The van der Waals surface area contributed by atoms with E-state index in [-0.39, 0.29) is 5.91 Å². The molecule has 1 aromatic rings. The number of anilines is 1. The van der Waals surface area contributed by atoms with Gasteiger partial charge in [0.15, 0.2) is 0 Å². The number of carboxylic acids is 1. The molecule has 2 rings (SSSR count). The van der Waals surface area contributed by atoms with E-state index in [1.54, 1.807) is 0 Å². The van der Waals surface area contributed by atoms with Gasteiger partial charge in [-0.05, 0) is 37.3 Å². The molecule has 2 N–H and O–H groups in total. The highest BCUT2D eigenvalue weighted by Crippen LogP contribution is 2.39. The lowest BCUT2D eigenvalue weighted by Gasteiger charge is -2.16. The molecular formula is C16H21NO3. The predicted octanol–water partition coefficient (Wildman–Crippen LogP) is 3.07. The lowest BCUT2D eigenvalue weighted by atomic mass is 9.95. The van der Waals surface area contributed by atoms with Gasteiger partial charge in [-0.3, -0.25) is 9.59 Å². The molecular weight excluding hydrogens is 254 g/mol. The van der Waals surface area contributed by atoms with E-state index >= 15 is 0 Å². The van der Waals surface area contributed by atoms with Crippen LogP contribution in [0.4, 0.5) is 5.69 Å². The van der Waals surface area contributed by atoms with Crippen molar-refractivity contribution < 1.29 is 14.7 Å². The van der Waals surface area contributed by atoms with Gasteiger partial charge in [-0.25, -0.2) is 0 Å². The Morgan fingerprint density at radius 3 is 2.50 bits per heavy atom. The molecule has 0 aliphatic heterocycles. The lowest BCUT2D eigenvalue weighted by Crippen LogP contribution is -2.30. The van der Waals surface area contributed by atoms with Crippen molar-refractivity contribution in [1.29, 1.82) is 0 Å². The van der Waals surface area contributed by atoms with E-state index in [2.05, 4.69) is 5.32 Å². The zero-order chi connectivity index (χ0) is 14.7. The molecule has 3 unspecified atom stereocenters. The van der Waals surface area contributed by atoms with Gasteiger partial charge >= 0.3 is 5.97 Å². The van der Waals surface area contributed by atoms with Gasteiger partial charge in [0, 0.05) is 5.69 Å². The number of carboxylic acid groups (broad SMARTS) is 1. The summed E-state index contributed by atoms with van der Waals surface area (Å²) in [7, 11) is 0. The van der Waals surface area contributed by atoms with Gasteiger partial charge in [0.05, 0.1) is 11.8 Å². The topological polar surface area (TPSA) is 66.4 Å². The van der Waals surface area contributed by atoms with Crippen molar-refractivity contribution in [3.8, 4) is 0 Å². The molecule has 1 fully saturated rings. The van der Waals surface area contributed by atoms with Crippen molar-refractivity contribution in [2.45, 2.75) is 33.1 Å². The second-order valence-corrected chi connectivity index (χ2v) is 5.60. The minimum absolute atomic E-state index is 0.164. The van der Waals surface area contributed by atoms with Crippen LogP contribution in [0.2, 0.25) is 0 Å². The van der Waals surface area contributed by atoms with E-state index in [0.717, 1.165) is 17.7 Å². The van der Waals surface area contributed by atoms with Crippen molar-refractivity contribution in [2.75, 3.05) is 5.32 Å². The Morgan fingerprint density at radius 1 is 1.25 bits per heavy atom. The molecule has 4 nitrogen and oxygen atoms in total. The van der Waals surface area contributed by atoms with E-state index in [1.807, 2.05) is 38.1 Å². The van der Waals surface area contributed by atoms with Crippen LogP contribution in [0.1, 0.15) is 31.7 Å². The van der Waals surface area contributed by atoms with Crippen LogP contribution in [-0.2, 0) is 9.59 Å². The van der Waals surface area contributed by atoms with E-state index in [0.29, 0.717) is 18.8 Å². The summed E-state index contributed by atoms with van der Waals surface area (Å²) >= 11 is 0. The number of benzene rings is 1. The molecule has 0 radical (unpaired) electrons. The van der Waals surface area contributed by atoms with Crippen molar-refractivity contribution >= 4 is 17.6 Å². The number of carbonyl (C=O) groups is 2. The molecule has 1 aromatic carbocycles. The van der Waals surface area contributed by atoms with Gasteiger partial charge < -0.3 is 10.4 Å². The number of aryl methyl sites for hydroxylation is 1. The van der Waals surface area contributed by atoms with Crippen LogP contribution in [-0.4, -0.2) is 17.0 Å². The highest BCUT2D eigenvalue weighted by molar-refractivity contribution is 5.96. The van der Waals surface area contributed by atoms with Gasteiger partial charge in [-0.2, -0.15) is 0 Å². The number of para-hydroxylation sites is 1.